The number of ketones is 1. The highest BCUT2D eigenvalue weighted by Gasteiger charge is 2.46. The Hall–Kier alpha value is -2.93. The summed E-state index contributed by atoms with van der Waals surface area (Å²) in [5, 5.41) is 0. The Morgan fingerprint density at radius 1 is 0.966 bits per heavy atom. The van der Waals surface area contributed by atoms with Gasteiger partial charge in [0.2, 0.25) is 0 Å². The van der Waals surface area contributed by atoms with Gasteiger partial charge >= 0.3 is 0 Å². The van der Waals surface area contributed by atoms with E-state index in [0.29, 0.717) is 11.4 Å². The largest absolute Gasteiger partial charge is 0.298 e. The molecule has 2 aromatic heterocycles. The molecular formula is C22H21N3O3S. The lowest BCUT2D eigenvalue weighted by molar-refractivity contribution is -0.122. The predicted molar refractivity (Wildman–Crippen MR) is 109 cm³/mol. The number of fused-ring (bicyclic) bond motifs is 1. The van der Waals surface area contributed by atoms with Crippen LogP contribution in [0.2, 0.25) is 0 Å². The van der Waals surface area contributed by atoms with Crippen molar-refractivity contribution in [2.75, 3.05) is 6.26 Å². The number of aromatic nitrogens is 3. The average Bonchev–Trinajstić information content (AvgIpc) is 2.87. The minimum absolute atomic E-state index is 0.0252. The second-order valence-corrected chi connectivity index (χ2v) is 9.99. The molecule has 1 aliphatic carbocycles. The number of rotatable bonds is 3. The smallest absolute Gasteiger partial charge is 0.177 e. The first kappa shape index (κ1) is 19.4. The Bertz CT molecular complexity index is 1230. The summed E-state index contributed by atoms with van der Waals surface area (Å²) in [5.74, 6) is 0.144. The minimum atomic E-state index is -3.42. The van der Waals surface area contributed by atoms with Crippen LogP contribution in [0.15, 0.2) is 53.9 Å². The van der Waals surface area contributed by atoms with E-state index in [1.807, 2.05) is 39.0 Å². The van der Waals surface area contributed by atoms with Crippen molar-refractivity contribution in [3.63, 3.8) is 0 Å². The zero-order valence-electron chi connectivity index (χ0n) is 16.7. The first-order valence-corrected chi connectivity index (χ1v) is 11.1. The number of carbonyl (C=O) groups excluding carboxylic acids is 1. The van der Waals surface area contributed by atoms with E-state index in [2.05, 4.69) is 15.0 Å². The summed E-state index contributed by atoms with van der Waals surface area (Å²) in [6.07, 6.45) is 7.53. The lowest BCUT2D eigenvalue weighted by Crippen LogP contribution is -2.26. The quantitative estimate of drug-likeness (QED) is 0.662. The van der Waals surface area contributed by atoms with Crippen LogP contribution in [-0.2, 0) is 20.0 Å². The molecular weight excluding hydrogens is 386 g/mol. The fourth-order valence-electron chi connectivity index (χ4n) is 3.85. The number of aryl methyl sites for hydroxylation is 1. The predicted octanol–water partition coefficient (Wildman–Crippen LogP) is 3.24. The van der Waals surface area contributed by atoms with E-state index in [-0.39, 0.29) is 10.7 Å². The summed E-state index contributed by atoms with van der Waals surface area (Å²) < 4.78 is 24.0. The van der Waals surface area contributed by atoms with E-state index in [4.69, 9.17) is 0 Å². The van der Waals surface area contributed by atoms with Crippen LogP contribution in [0.3, 0.4) is 0 Å². The fraction of sp³-hybridized carbons (Fsp3) is 0.273. The van der Waals surface area contributed by atoms with E-state index in [1.54, 1.807) is 24.7 Å². The molecule has 7 heteroatoms. The number of nitrogens with zero attached hydrogens (tertiary/aromatic N) is 3. The summed E-state index contributed by atoms with van der Waals surface area (Å²) in [4.78, 5) is 26.0. The molecule has 4 rings (SSSR count). The molecule has 0 spiro atoms. The second kappa shape index (κ2) is 6.56. The molecule has 0 N–H and O–H groups in total. The van der Waals surface area contributed by atoms with Gasteiger partial charge in [0.25, 0.3) is 0 Å². The van der Waals surface area contributed by atoms with Crippen molar-refractivity contribution < 1.29 is 13.2 Å². The van der Waals surface area contributed by atoms with E-state index < -0.39 is 21.2 Å². The molecule has 1 aromatic carbocycles. The maximum atomic E-state index is 13.3. The molecule has 2 heterocycles. The third kappa shape index (κ3) is 3.25. The van der Waals surface area contributed by atoms with Gasteiger partial charge in [0.15, 0.2) is 15.6 Å². The maximum absolute atomic E-state index is 13.3. The zero-order chi connectivity index (χ0) is 21.0. The fourth-order valence-corrected chi connectivity index (χ4v) is 4.46. The molecule has 0 fully saturated rings. The summed E-state index contributed by atoms with van der Waals surface area (Å²) in [6, 6.07) is 7.47. The van der Waals surface area contributed by atoms with Crippen molar-refractivity contribution >= 4 is 15.6 Å². The highest BCUT2D eigenvalue weighted by molar-refractivity contribution is 7.90. The summed E-state index contributed by atoms with van der Waals surface area (Å²) >= 11 is 0. The first-order chi connectivity index (χ1) is 13.6. The van der Waals surface area contributed by atoms with Gasteiger partial charge in [-0.3, -0.25) is 9.78 Å². The van der Waals surface area contributed by atoms with Gasteiger partial charge in [0, 0.05) is 42.0 Å². The van der Waals surface area contributed by atoms with Crippen LogP contribution in [0.4, 0.5) is 0 Å². The number of hydrogen-bond acceptors (Lipinski definition) is 6. The Morgan fingerprint density at radius 3 is 2.31 bits per heavy atom. The number of hydrogen-bond donors (Lipinski definition) is 0. The molecule has 1 atom stereocenters. The second-order valence-electron chi connectivity index (χ2n) is 7.97. The summed E-state index contributed by atoms with van der Waals surface area (Å²) in [6.45, 7) is 5.62. The monoisotopic (exact) mass is 407 g/mol. The van der Waals surface area contributed by atoms with Crippen LogP contribution in [0.5, 0.6) is 0 Å². The molecule has 1 unspecified atom stereocenters. The molecule has 1 aliphatic rings. The Morgan fingerprint density at radius 2 is 1.66 bits per heavy atom. The van der Waals surface area contributed by atoms with Gasteiger partial charge in [-0.2, -0.15) is 0 Å². The number of carbonyl (C=O) groups is 1. The molecule has 29 heavy (non-hydrogen) atoms. The van der Waals surface area contributed by atoms with Gasteiger partial charge in [-0.15, -0.1) is 0 Å². The van der Waals surface area contributed by atoms with Crippen molar-refractivity contribution in [3.05, 3.63) is 71.6 Å². The first-order valence-electron chi connectivity index (χ1n) is 9.22. The highest BCUT2D eigenvalue weighted by Crippen LogP contribution is 2.47. The minimum Gasteiger partial charge on any atom is -0.298 e. The molecule has 0 radical (unpaired) electrons. The van der Waals surface area contributed by atoms with Crippen LogP contribution >= 0.6 is 0 Å². The van der Waals surface area contributed by atoms with E-state index in [1.165, 1.54) is 6.20 Å². The average molecular weight is 407 g/mol. The van der Waals surface area contributed by atoms with Crippen LogP contribution < -0.4 is 0 Å². The van der Waals surface area contributed by atoms with E-state index >= 15 is 0 Å². The van der Waals surface area contributed by atoms with Gasteiger partial charge in [0.1, 0.15) is 5.82 Å². The van der Waals surface area contributed by atoms with Crippen LogP contribution in [0.25, 0.3) is 11.1 Å². The molecule has 0 aliphatic heterocycles. The topological polar surface area (TPSA) is 89.9 Å². The molecule has 3 aromatic rings. The lowest BCUT2D eigenvalue weighted by atomic mass is 9.84. The lowest BCUT2D eigenvalue weighted by Gasteiger charge is -2.18. The number of Topliss-reactive ketones (excluding diaryl/α,β-unsaturated/α-hetero) is 1. The SMILES string of the molecule is Cc1ncc(-c2ccc3c(c2)C(c2cncc(S(C)(=O)=O)c2)C(=O)C3(C)C)cn1. The summed E-state index contributed by atoms with van der Waals surface area (Å²) in [7, 11) is -3.42. The van der Waals surface area contributed by atoms with E-state index in [0.717, 1.165) is 28.5 Å². The summed E-state index contributed by atoms with van der Waals surface area (Å²) in [5.41, 5.74) is 3.48. The molecule has 148 valence electrons. The van der Waals surface area contributed by atoms with E-state index in [9.17, 15) is 13.2 Å². The van der Waals surface area contributed by atoms with Gasteiger partial charge in [-0.1, -0.05) is 12.1 Å². The standard InChI is InChI=1S/C22H21N3O3S/c1-13-24-10-16(11-25-13)14-5-6-19-18(8-14)20(21(26)22(19,2)3)15-7-17(12-23-9-15)29(4,27)28/h5-12,20H,1-4H3. The van der Waals surface area contributed by atoms with Gasteiger partial charge < -0.3 is 0 Å². The van der Waals surface area contributed by atoms with Crippen LogP contribution in [0, 0.1) is 6.92 Å². The van der Waals surface area contributed by atoms with Crippen molar-refractivity contribution in [2.45, 2.75) is 37.0 Å². The Balaban J connectivity index is 1.89. The van der Waals surface area contributed by atoms with Gasteiger partial charge in [-0.05, 0) is 55.2 Å². The Labute approximate surface area is 170 Å². The molecule has 0 saturated heterocycles. The molecule has 0 saturated carbocycles. The van der Waals surface area contributed by atoms with Crippen molar-refractivity contribution in [1.82, 2.24) is 15.0 Å². The highest BCUT2D eigenvalue weighted by atomic mass is 32.2. The molecule has 6 nitrogen and oxygen atoms in total. The van der Waals surface area contributed by atoms with Crippen LogP contribution in [-0.4, -0.2) is 35.4 Å². The maximum Gasteiger partial charge on any atom is 0.177 e. The number of pyridine rings is 1. The van der Waals surface area contributed by atoms with Crippen molar-refractivity contribution in [2.24, 2.45) is 0 Å². The van der Waals surface area contributed by atoms with Gasteiger partial charge in [-0.25, -0.2) is 18.4 Å². The third-order valence-corrected chi connectivity index (χ3v) is 6.60. The molecule has 0 amide bonds. The normalized spacial score (nSPS) is 17.9. The molecule has 0 bridgehead atoms. The number of sulfone groups is 1. The zero-order valence-corrected chi connectivity index (χ0v) is 17.5. The van der Waals surface area contributed by atoms with Gasteiger partial charge in [0.05, 0.1) is 10.8 Å². The third-order valence-electron chi connectivity index (χ3n) is 5.52. The van der Waals surface area contributed by atoms with Crippen molar-refractivity contribution in [3.8, 4) is 11.1 Å². The Kier molecular flexibility index (Phi) is 4.38. The van der Waals surface area contributed by atoms with Crippen molar-refractivity contribution in [1.29, 1.82) is 0 Å². The number of benzene rings is 1. The van der Waals surface area contributed by atoms with Crippen LogP contribution in [0.1, 0.15) is 42.3 Å².